The number of hydrogen-bond acceptors (Lipinski definition) is 5. The van der Waals surface area contributed by atoms with E-state index in [0.717, 1.165) is 12.8 Å². The van der Waals surface area contributed by atoms with Gasteiger partial charge in [0.2, 0.25) is 0 Å². The zero-order chi connectivity index (χ0) is 20.4. The topological polar surface area (TPSA) is 85.9 Å². The maximum atomic E-state index is 12.3. The molecule has 0 radical (unpaired) electrons. The number of anilines is 1. The zero-order valence-corrected chi connectivity index (χ0v) is 16.4. The number of methoxy groups -OCH3 is 2. The highest BCUT2D eigenvalue weighted by Gasteiger charge is 2.13. The number of carbonyl (C=O) groups is 2. The molecule has 2 rings (SSSR count). The number of hydrogen-bond donors (Lipinski definition) is 2. The number of benzene rings is 2. The SMILES string of the molecule is CCCCNC(=O)c1ccccc1NC(=O)COc1cc(OC)cc(OC)c1. The first kappa shape index (κ1) is 21.1. The van der Waals surface area contributed by atoms with Crippen molar-refractivity contribution in [2.75, 3.05) is 32.7 Å². The van der Waals surface area contributed by atoms with Gasteiger partial charge in [-0.05, 0) is 18.6 Å². The fraction of sp³-hybridized carbons (Fsp3) is 0.333. The first-order chi connectivity index (χ1) is 13.6. The molecule has 2 aromatic rings. The highest BCUT2D eigenvalue weighted by Crippen LogP contribution is 2.27. The highest BCUT2D eigenvalue weighted by molar-refractivity contribution is 6.04. The fourth-order valence-corrected chi connectivity index (χ4v) is 2.46. The summed E-state index contributed by atoms with van der Waals surface area (Å²) in [5.74, 6) is 0.961. The summed E-state index contributed by atoms with van der Waals surface area (Å²) in [6.45, 7) is 2.43. The predicted molar refractivity (Wildman–Crippen MR) is 107 cm³/mol. The molecule has 7 heteroatoms. The molecular weight excluding hydrogens is 360 g/mol. The van der Waals surface area contributed by atoms with Gasteiger partial charge in [0.15, 0.2) is 6.61 Å². The van der Waals surface area contributed by atoms with Gasteiger partial charge in [-0.1, -0.05) is 25.5 Å². The largest absolute Gasteiger partial charge is 0.496 e. The van der Waals surface area contributed by atoms with Crippen molar-refractivity contribution in [3.8, 4) is 17.2 Å². The number of ether oxygens (including phenoxy) is 3. The summed E-state index contributed by atoms with van der Waals surface area (Å²) >= 11 is 0. The Morgan fingerprint density at radius 3 is 2.25 bits per heavy atom. The minimum absolute atomic E-state index is 0.220. The molecule has 150 valence electrons. The molecule has 0 saturated heterocycles. The van der Waals surface area contributed by atoms with Gasteiger partial charge in [0.1, 0.15) is 17.2 Å². The van der Waals surface area contributed by atoms with Gasteiger partial charge in [-0.2, -0.15) is 0 Å². The van der Waals surface area contributed by atoms with Crippen molar-refractivity contribution in [1.82, 2.24) is 5.32 Å². The molecule has 0 bridgehead atoms. The predicted octanol–water partition coefficient (Wildman–Crippen LogP) is 3.25. The van der Waals surface area contributed by atoms with Crippen molar-refractivity contribution in [1.29, 1.82) is 0 Å². The Morgan fingerprint density at radius 2 is 1.61 bits per heavy atom. The van der Waals surface area contributed by atoms with Crippen molar-refractivity contribution in [3.63, 3.8) is 0 Å². The lowest BCUT2D eigenvalue weighted by atomic mass is 10.1. The Morgan fingerprint density at radius 1 is 0.964 bits per heavy atom. The number of para-hydroxylation sites is 1. The van der Waals surface area contributed by atoms with Crippen LogP contribution in [-0.4, -0.2) is 39.2 Å². The average molecular weight is 386 g/mol. The van der Waals surface area contributed by atoms with Crippen molar-refractivity contribution in [2.24, 2.45) is 0 Å². The van der Waals surface area contributed by atoms with Crippen molar-refractivity contribution in [3.05, 3.63) is 48.0 Å². The van der Waals surface area contributed by atoms with Crippen LogP contribution in [0.5, 0.6) is 17.2 Å². The second-order valence-corrected chi connectivity index (χ2v) is 6.04. The summed E-state index contributed by atoms with van der Waals surface area (Å²) in [6.07, 6.45) is 1.89. The number of carbonyl (C=O) groups excluding carboxylic acids is 2. The van der Waals surface area contributed by atoms with E-state index in [0.29, 0.717) is 35.0 Å². The van der Waals surface area contributed by atoms with Gasteiger partial charge in [-0.25, -0.2) is 0 Å². The van der Waals surface area contributed by atoms with Crippen LogP contribution in [0.3, 0.4) is 0 Å². The van der Waals surface area contributed by atoms with Crippen LogP contribution < -0.4 is 24.8 Å². The van der Waals surface area contributed by atoms with Crippen molar-refractivity contribution in [2.45, 2.75) is 19.8 Å². The van der Waals surface area contributed by atoms with Crippen LogP contribution in [0.25, 0.3) is 0 Å². The number of unbranched alkanes of at least 4 members (excludes halogenated alkanes) is 1. The van der Waals surface area contributed by atoms with E-state index in [1.54, 1.807) is 42.5 Å². The zero-order valence-electron chi connectivity index (χ0n) is 16.4. The average Bonchev–Trinajstić information content (AvgIpc) is 2.72. The van der Waals surface area contributed by atoms with Gasteiger partial charge >= 0.3 is 0 Å². The highest BCUT2D eigenvalue weighted by atomic mass is 16.5. The smallest absolute Gasteiger partial charge is 0.262 e. The summed E-state index contributed by atoms with van der Waals surface area (Å²) in [7, 11) is 3.07. The standard InChI is InChI=1S/C21H26N2O5/c1-4-5-10-22-21(25)18-8-6-7-9-19(18)23-20(24)14-28-17-12-15(26-2)11-16(13-17)27-3/h6-9,11-13H,4-5,10,14H2,1-3H3,(H,22,25)(H,23,24). The molecule has 7 nitrogen and oxygen atoms in total. The molecule has 0 atom stereocenters. The Bertz CT molecular complexity index is 785. The third-order valence-corrected chi connectivity index (χ3v) is 3.96. The molecule has 0 aliphatic carbocycles. The van der Waals surface area contributed by atoms with Crippen LogP contribution in [0.15, 0.2) is 42.5 Å². The molecule has 0 saturated carbocycles. The lowest BCUT2D eigenvalue weighted by molar-refractivity contribution is -0.118. The maximum Gasteiger partial charge on any atom is 0.262 e. The van der Waals surface area contributed by atoms with Crippen LogP contribution in [0.1, 0.15) is 30.1 Å². The minimum Gasteiger partial charge on any atom is -0.496 e. The molecule has 0 fully saturated rings. The molecule has 2 aromatic carbocycles. The molecule has 0 aromatic heterocycles. The molecular formula is C21H26N2O5. The van der Waals surface area contributed by atoms with Crippen LogP contribution >= 0.6 is 0 Å². The molecule has 28 heavy (non-hydrogen) atoms. The number of amides is 2. The first-order valence-electron chi connectivity index (χ1n) is 9.10. The quantitative estimate of drug-likeness (QED) is 0.612. The van der Waals surface area contributed by atoms with Gasteiger partial charge in [0.05, 0.1) is 25.5 Å². The van der Waals surface area contributed by atoms with E-state index in [1.807, 2.05) is 0 Å². The summed E-state index contributed by atoms with van der Waals surface area (Å²) in [5, 5.41) is 5.57. The molecule has 2 amide bonds. The Hall–Kier alpha value is -3.22. The lowest BCUT2D eigenvalue weighted by Crippen LogP contribution is -2.27. The van der Waals surface area contributed by atoms with Gasteiger partial charge in [0, 0.05) is 24.7 Å². The van der Waals surface area contributed by atoms with Crippen molar-refractivity contribution < 1.29 is 23.8 Å². The lowest BCUT2D eigenvalue weighted by Gasteiger charge is -2.13. The van der Waals surface area contributed by atoms with Crippen LogP contribution in [-0.2, 0) is 4.79 Å². The van der Waals surface area contributed by atoms with Crippen LogP contribution in [0.2, 0.25) is 0 Å². The van der Waals surface area contributed by atoms with Crippen LogP contribution in [0.4, 0.5) is 5.69 Å². The summed E-state index contributed by atoms with van der Waals surface area (Å²) in [6, 6.07) is 11.9. The Balaban J connectivity index is 1.99. The third-order valence-electron chi connectivity index (χ3n) is 3.96. The molecule has 2 N–H and O–H groups in total. The summed E-state index contributed by atoms with van der Waals surface area (Å²) < 4.78 is 15.9. The van der Waals surface area contributed by atoms with E-state index in [4.69, 9.17) is 14.2 Å². The Kier molecular flexibility index (Phi) is 8.14. The van der Waals surface area contributed by atoms with Gasteiger partial charge in [-0.3, -0.25) is 9.59 Å². The van der Waals surface area contributed by atoms with E-state index in [9.17, 15) is 9.59 Å². The van der Waals surface area contributed by atoms with E-state index >= 15 is 0 Å². The van der Waals surface area contributed by atoms with Gasteiger partial charge in [0.25, 0.3) is 11.8 Å². The van der Waals surface area contributed by atoms with E-state index in [1.165, 1.54) is 14.2 Å². The molecule has 0 aliphatic rings. The minimum atomic E-state index is -0.379. The molecule has 0 heterocycles. The van der Waals surface area contributed by atoms with E-state index in [2.05, 4.69) is 17.6 Å². The van der Waals surface area contributed by atoms with Crippen molar-refractivity contribution >= 4 is 17.5 Å². The maximum absolute atomic E-state index is 12.3. The summed E-state index contributed by atoms with van der Waals surface area (Å²) in [5.41, 5.74) is 0.850. The number of nitrogens with one attached hydrogen (secondary N) is 2. The number of rotatable bonds is 10. The van der Waals surface area contributed by atoms with Crippen LogP contribution in [0, 0.1) is 0 Å². The second-order valence-electron chi connectivity index (χ2n) is 6.04. The normalized spacial score (nSPS) is 10.1. The molecule has 0 aliphatic heterocycles. The third kappa shape index (κ3) is 6.19. The monoisotopic (exact) mass is 386 g/mol. The van der Waals surface area contributed by atoms with E-state index < -0.39 is 0 Å². The van der Waals surface area contributed by atoms with E-state index in [-0.39, 0.29) is 18.4 Å². The second kappa shape index (κ2) is 10.8. The summed E-state index contributed by atoms with van der Waals surface area (Å²) in [4.78, 5) is 24.6. The first-order valence-corrected chi connectivity index (χ1v) is 9.10. The van der Waals surface area contributed by atoms with Gasteiger partial charge in [-0.15, -0.1) is 0 Å². The Labute approximate surface area is 165 Å². The van der Waals surface area contributed by atoms with Gasteiger partial charge < -0.3 is 24.8 Å². The molecule has 0 spiro atoms. The molecule has 0 unspecified atom stereocenters. The fourth-order valence-electron chi connectivity index (χ4n) is 2.46.